The Balaban J connectivity index is 3.90. The molecule has 0 aliphatic rings. The molecule has 0 radical (unpaired) electrons. The van der Waals surface area contributed by atoms with Crippen LogP contribution in [0.4, 0.5) is 0 Å². The van der Waals surface area contributed by atoms with Crippen molar-refractivity contribution >= 4 is 27.6 Å². The second kappa shape index (κ2) is 42.2. The molecule has 0 rings (SSSR count). The van der Waals surface area contributed by atoms with E-state index in [1.807, 2.05) is 0 Å². The zero-order valence-corrected chi connectivity index (χ0v) is 40.0. The van der Waals surface area contributed by atoms with Crippen molar-refractivity contribution in [3.05, 3.63) is 24.3 Å². The van der Waals surface area contributed by atoms with Crippen molar-refractivity contribution in [1.29, 1.82) is 0 Å². The van der Waals surface area contributed by atoms with Gasteiger partial charge >= 0.3 is 11.9 Å². The van der Waals surface area contributed by atoms with Gasteiger partial charge in [-0.2, -0.15) is 0 Å². The topological polar surface area (TPSA) is 230 Å². The fourth-order valence-corrected chi connectivity index (χ4v) is 7.70. The number of aliphatic hydroxyl groups excluding tert-OH is 3. The lowest BCUT2D eigenvalue weighted by Gasteiger charge is -2.27. The largest absolute Gasteiger partial charge is 0.756 e. The molecule has 4 atom stereocenters. The van der Waals surface area contributed by atoms with Crippen LogP contribution in [-0.2, 0) is 46.3 Å². The number of hydrogen-bond donors (Lipinski definition) is 3. The van der Waals surface area contributed by atoms with E-state index in [0.29, 0.717) is 12.8 Å². The minimum absolute atomic E-state index is 0.171. The smallest absolute Gasteiger partial charge is 0.305 e. The first-order chi connectivity index (χ1) is 29.8. The van der Waals surface area contributed by atoms with Gasteiger partial charge in [0.25, 0.3) is 15.6 Å². The van der Waals surface area contributed by atoms with E-state index in [-0.39, 0.29) is 12.8 Å². The van der Waals surface area contributed by atoms with Crippen LogP contribution in [0.25, 0.3) is 0 Å². The number of hydrogen-bond acceptors (Lipinski definition) is 15. The lowest BCUT2D eigenvalue weighted by Crippen LogP contribution is -2.28. The summed E-state index contributed by atoms with van der Waals surface area (Å²) in [6.45, 7) is 0.000342. The van der Waals surface area contributed by atoms with Gasteiger partial charge in [0.05, 0.1) is 26.4 Å². The molecule has 0 fully saturated rings. The number of carbonyl (C=O) groups excluding carboxylic acids is 2. The highest BCUT2D eigenvalue weighted by Crippen LogP contribution is 2.40. The van der Waals surface area contributed by atoms with Crippen molar-refractivity contribution in [1.82, 2.24) is 0 Å². The molecule has 0 aliphatic carbocycles. The third-order valence-corrected chi connectivity index (χ3v) is 11.7. The molecule has 0 heterocycles. The monoisotopic (exact) mass is 927 g/mol. The highest BCUT2D eigenvalue weighted by atomic mass is 31.2. The summed E-state index contributed by atoms with van der Waals surface area (Å²) in [4.78, 5) is 48.0. The molecule has 17 heteroatoms. The predicted molar refractivity (Wildman–Crippen MR) is 238 cm³/mol. The molecular weight excluding hydrogens is 842 g/mol. The molecule has 0 aromatic rings. The molecular formula is C45H84O15P2-2. The molecule has 366 valence electrons. The van der Waals surface area contributed by atoms with E-state index in [1.54, 1.807) is 0 Å². The second-order valence-corrected chi connectivity index (χ2v) is 18.9. The standard InChI is InChI=1S/C45H86O15P2/c1-3-5-7-9-11-13-15-17-19-21-23-25-27-29-31-33-44(49)55-35-41(46)37-57-61(51,52)59-39-43(48)40-60-62(53,54)58-38-42(47)36-56-45(50)34-32-30-28-26-24-22-20-18-16-14-12-10-8-6-4-2/h17-20,41-43,46-48H,3-16,21-40H2,1-2H3,(H,51,52)(H,53,54)/p-2/b19-17-,20-18-/t41-,42-/m1/s1. The number of phosphoric acid groups is 2. The molecule has 0 aromatic carbocycles. The third-order valence-electron chi connectivity index (χ3n) is 9.86. The number of ether oxygens (including phenoxy) is 2. The SMILES string of the molecule is CCCCCCCC/C=C\CCCCCCCC(=O)OC[C@@H](O)COP(=O)([O-])OCC(O)COP(=O)([O-])OC[C@H](O)COC(=O)CCCCCCC/C=C\CCCCCCCC. The van der Waals surface area contributed by atoms with E-state index in [0.717, 1.165) is 77.0 Å². The summed E-state index contributed by atoms with van der Waals surface area (Å²) >= 11 is 0. The van der Waals surface area contributed by atoms with E-state index in [4.69, 9.17) is 9.47 Å². The maximum Gasteiger partial charge on any atom is 0.305 e. The Morgan fingerprint density at radius 1 is 0.419 bits per heavy atom. The Morgan fingerprint density at radius 3 is 0.952 bits per heavy atom. The molecule has 0 spiro atoms. The molecule has 0 saturated carbocycles. The zero-order chi connectivity index (χ0) is 46.0. The molecule has 0 amide bonds. The normalized spacial score (nSPS) is 15.4. The zero-order valence-electron chi connectivity index (χ0n) is 38.2. The van der Waals surface area contributed by atoms with Gasteiger partial charge in [-0.15, -0.1) is 0 Å². The number of aliphatic hydroxyl groups is 3. The van der Waals surface area contributed by atoms with Gasteiger partial charge in [0.1, 0.15) is 31.5 Å². The maximum atomic E-state index is 12.0. The van der Waals surface area contributed by atoms with Crippen LogP contribution in [0.2, 0.25) is 0 Å². The van der Waals surface area contributed by atoms with E-state index in [1.165, 1.54) is 77.0 Å². The first-order valence-corrected chi connectivity index (χ1v) is 26.6. The average molecular weight is 927 g/mol. The lowest BCUT2D eigenvalue weighted by atomic mass is 10.1. The Kier molecular flexibility index (Phi) is 41.2. The quantitative estimate of drug-likeness (QED) is 0.0224. The molecule has 15 nitrogen and oxygen atoms in total. The van der Waals surface area contributed by atoms with Crippen molar-refractivity contribution < 1.29 is 71.4 Å². The van der Waals surface area contributed by atoms with Gasteiger partial charge in [-0.1, -0.05) is 141 Å². The van der Waals surface area contributed by atoms with Crippen molar-refractivity contribution in [3.8, 4) is 0 Å². The Morgan fingerprint density at radius 2 is 0.661 bits per heavy atom. The van der Waals surface area contributed by atoms with Crippen molar-refractivity contribution in [2.24, 2.45) is 0 Å². The van der Waals surface area contributed by atoms with E-state index >= 15 is 0 Å². The lowest BCUT2D eigenvalue weighted by molar-refractivity contribution is -0.232. The summed E-state index contributed by atoms with van der Waals surface area (Å²) in [5, 5.41) is 29.9. The summed E-state index contributed by atoms with van der Waals surface area (Å²) in [6, 6.07) is 0. The number of allylic oxidation sites excluding steroid dienone is 4. The van der Waals surface area contributed by atoms with E-state index in [9.17, 15) is 43.8 Å². The highest BCUT2D eigenvalue weighted by molar-refractivity contribution is 7.46. The van der Waals surface area contributed by atoms with Gasteiger partial charge in [0, 0.05) is 12.8 Å². The molecule has 3 N–H and O–H groups in total. The second-order valence-electron chi connectivity index (χ2n) is 16.1. The predicted octanol–water partition coefficient (Wildman–Crippen LogP) is 9.23. The van der Waals surface area contributed by atoms with Gasteiger partial charge in [-0.25, -0.2) is 0 Å². The fourth-order valence-electron chi connectivity index (χ4n) is 6.13. The molecule has 0 aliphatic heterocycles. The van der Waals surface area contributed by atoms with Crippen LogP contribution >= 0.6 is 15.6 Å². The Labute approximate surface area is 373 Å². The molecule has 0 bridgehead atoms. The minimum atomic E-state index is -5.05. The third kappa shape index (κ3) is 43.8. The fraction of sp³-hybridized carbons (Fsp3) is 0.867. The summed E-state index contributed by atoms with van der Waals surface area (Å²) in [5.41, 5.74) is 0. The van der Waals surface area contributed by atoms with Crippen LogP contribution < -0.4 is 9.79 Å². The van der Waals surface area contributed by atoms with Crippen LogP contribution in [-0.4, -0.2) is 85.2 Å². The maximum absolute atomic E-state index is 12.0. The number of carbonyl (C=O) groups is 2. The number of unbranched alkanes of at least 4 members (excludes halogenated alkanes) is 22. The van der Waals surface area contributed by atoms with Crippen LogP contribution in [0.1, 0.15) is 194 Å². The molecule has 0 aromatic heterocycles. The van der Waals surface area contributed by atoms with E-state index in [2.05, 4.69) is 56.2 Å². The van der Waals surface area contributed by atoms with Crippen molar-refractivity contribution in [2.75, 3.05) is 39.6 Å². The van der Waals surface area contributed by atoms with Crippen LogP contribution in [0.3, 0.4) is 0 Å². The molecule has 2 unspecified atom stereocenters. The first-order valence-electron chi connectivity index (χ1n) is 23.7. The summed E-state index contributed by atoms with van der Waals surface area (Å²) < 4.78 is 52.1. The number of phosphoric ester groups is 2. The Bertz CT molecular complexity index is 1130. The highest BCUT2D eigenvalue weighted by Gasteiger charge is 2.20. The summed E-state index contributed by atoms with van der Waals surface area (Å²) in [5.74, 6) is -1.05. The molecule has 0 saturated heterocycles. The van der Waals surface area contributed by atoms with Crippen molar-refractivity contribution in [2.45, 2.75) is 212 Å². The van der Waals surface area contributed by atoms with Gasteiger partial charge in [-0.05, 0) is 64.2 Å². The summed E-state index contributed by atoms with van der Waals surface area (Å²) in [6.07, 6.45) is 34.1. The van der Waals surface area contributed by atoms with Crippen molar-refractivity contribution in [3.63, 3.8) is 0 Å². The van der Waals surface area contributed by atoms with Gasteiger partial charge in [0.2, 0.25) is 0 Å². The Hall–Kier alpha value is -1.48. The number of esters is 2. The van der Waals surface area contributed by atoms with Crippen LogP contribution in [0.15, 0.2) is 24.3 Å². The van der Waals surface area contributed by atoms with Gasteiger partial charge in [0.15, 0.2) is 0 Å². The van der Waals surface area contributed by atoms with Crippen LogP contribution in [0, 0.1) is 0 Å². The number of rotatable bonds is 46. The van der Waals surface area contributed by atoms with E-state index < -0.39 is 85.5 Å². The first kappa shape index (κ1) is 60.5. The summed E-state index contributed by atoms with van der Waals surface area (Å²) in [7, 11) is -10.1. The van der Waals surface area contributed by atoms with Gasteiger partial charge < -0.3 is 52.7 Å². The minimum Gasteiger partial charge on any atom is -0.756 e. The average Bonchev–Trinajstić information content (AvgIpc) is 3.24. The van der Waals surface area contributed by atoms with Crippen LogP contribution in [0.5, 0.6) is 0 Å². The van der Waals surface area contributed by atoms with Gasteiger partial charge in [-0.3, -0.25) is 18.7 Å². The molecule has 62 heavy (non-hydrogen) atoms.